The zero-order valence-corrected chi connectivity index (χ0v) is 12.7. The van der Waals surface area contributed by atoms with Crippen LogP contribution in [0.1, 0.15) is 23.1 Å². The molecule has 0 saturated heterocycles. The molecule has 0 aliphatic rings. The average molecular weight is 341 g/mol. The van der Waals surface area contributed by atoms with Gasteiger partial charge in [0.25, 0.3) is 5.91 Å². The van der Waals surface area contributed by atoms with Crippen LogP contribution in [0.2, 0.25) is 0 Å². The van der Waals surface area contributed by atoms with E-state index in [0.717, 1.165) is 11.0 Å². The molecule has 1 aromatic heterocycles. The lowest BCUT2D eigenvalue weighted by molar-refractivity contribution is 0.0948. The molecule has 0 aliphatic heterocycles. The van der Waals surface area contributed by atoms with Gasteiger partial charge in [0.2, 0.25) is 0 Å². The van der Waals surface area contributed by atoms with Gasteiger partial charge >= 0.3 is 0 Å². The molecule has 2 N–H and O–H groups in total. The number of benzene rings is 1. The second-order valence-corrected chi connectivity index (χ2v) is 5.09. The van der Waals surface area contributed by atoms with E-state index < -0.39 is 0 Å². The molecule has 100 valence electrons. The zero-order chi connectivity index (χ0) is 13.8. The second kappa shape index (κ2) is 6.12. The Labute approximate surface area is 124 Å². The van der Waals surface area contributed by atoms with Gasteiger partial charge in [0.05, 0.1) is 12.1 Å². The van der Waals surface area contributed by atoms with Crippen molar-refractivity contribution < 1.29 is 4.79 Å². The highest BCUT2D eigenvalue weighted by molar-refractivity contribution is 9.10. The number of rotatable bonds is 4. The largest absolute Gasteiger partial charge is 0.345 e. The topological polar surface area (TPSA) is 62.7 Å². The first-order valence-corrected chi connectivity index (χ1v) is 7.00. The van der Waals surface area contributed by atoms with Gasteiger partial charge in [-0.15, -0.1) is 0 Å². The van der Waals surface area contributed by atoms with Crippen molar-refractivity contribution in [2.75, 3.05) is 0 Å². The highest BCUT2D eigenvalue weighted by Crippen LogP contribution is 2.15. The smallest absolute Gasteiger partial charge is 0.252 e. The van der Waals surface area contributed by atoms with E-state index in [4.69, 9.17) is 12.2 Å². The molecule has 0 spiro atoms. The molecule has 1 amide bonds. The minimum atomic E-state index is -0.149. The maximum absolute atomic E-state index is 12.0. The molecule has 19 heavy (non-hydrogen) atoms. The van der Waals surface area contributed by atoms with Crippen LogP contribution in [-0.4, -0.2) is 20.7 Å². The predicted octanol–water partition coefficient (Wildman–Crippen LogP) is 2.65. The van der Waals surface area contributed by atoms with Crippen LogP contribution in [-0.2, 0) is 13.1 Å². The highest BCUT2D eigenvalue weighted by Gasteiger charge is 2.10. The maximum Gasteiger partial charge on any atom is 0.252 e. The van der Waals surface area contributed by atoms with E-state index in [1.807, 2.05) is 29.7 Å². The van der Waals surface area contributed by atoms with Crippen molar-refractivity contribution >= 4 is 34.1 Å². The van der Waals surface area contributed by atoms with E-state index in [1.54, 1.807) is 6.07 Å². The molecule has 1 aromatic carbocycles. The Morgan fingerprint density at radius 1 is 1.53 bits per heavy atom. The Balaban J connectivity index is 2.09. The summed E-state index contributed by atoms with van der Waals surface area (Å²) in [6, 6.07) is 7.28. The third kappa shape index (κ3) is 3.10. The summed E-state index contributed by atoms with van der Waals surface area (Å²) >= 11 is 8.44. The minimum Gasteiger partial charge on any atom is -0.345 e. The van der Waals surface area contributed by atoms with Crippen molar-refractivity contribution in [3.05, 3.63) is 44.9 Å². The molecule has 0 radical (unpaired) electrons. The summed E-state index contributed by atoms with van der Waals surface area (Å²) in [5.74, 6) is 0.567. The standard InChI is InChI=1S/C12H13BrN4OS/c1-2-17-10(15-16-12(17)19)7-14-11(18)8-5-3-4-6-9(8)13/h3-6H,2,7H2,1H3,(H,14,18)(H,16,19). The molecule has 0 fully saturated rings. The number of nitrogens with zero attached hydrogens (tertiary/aromatic N) is 2. The quantitative estimate of drug-likeness (QED) is 0.841. The molecule has 0 unspecified atom stereocenters. The molecular weight excluding hydrogens is 328 g/mol. The number of amides is 1. The first-order chi connectivity index (χ1) is 9.13. The lowest BCUT2D eigenvalue weighted by Gasteiger charge is -2.07. The summed E-state index contributed by atoms with van der Waals surface area (Å²) in [7, 11) is 0. The van der Waals surface area contributed by atoms with Crippen LogP contribution in [0.25, 0.3) is 0 Å². The van der Waals surface area contributed by atoms with E-state index in [-0.39, 0.29) is 5.91 Å². The fourth-order valence-electron chi connectivity index (χ4n) is 1.71. The third-order valence-corrected chi connectivity index (χ3v) is 3.68. The molecule has 5 nitrogen and oxygen atoms in total. The van der Waals surface area contributed by atoms with Gasteiger partial charge in [-0.25, -0.2) is 0 Å². The zero-order valence-electron chi connectivity index (χ0n) is 10.3. The van der Waals surface area contributed by atoms with E-state index >= 15 is 0 Å². The Morgan fingerprint density at radius 3 is 2.95 bits per heavy atom. The number of halogens is 1. The average Bonchev–Trinajstić information content (AvgIpc) is 2.77. The van der Waals surface area contributed by atoms with Crippen molar-refractivity contribution in [3.63, 3.8) is 0 Å². The molecule has 0 bridgehead atoms. The summed E-state index contributed by atoms with van der Waals surface area (Å²) in [5.41, 5.74) is 0.597. The van der Waals surface area contributed by atoms with Crippen molar-refractivity contribution in [1.29, 1.82) is 0 Å². The first-order valence-electron chi connectivity index (χ1n) is 5.80. The number of H-pyrrole nitrogens is 1. The van der Waals surface area contributed by atoms with Crippen LogP contribution in [0.5, 0.6) is 0 Å². The summed E-state index contributed by atoms with van der Waals surface area (Å²) in [5, 5.41) is 9.64. The van der Waals surface area contributed by atoms with Crippen LogP contribution < -0.4 is 5.32 Å². The van der Waals surface area contributed by atoms with E-state index in [1.165, 1.54) is 0 Å². The lowest BCUT2D eigenvalue weighted by atomic mass is 10.2. The van der Waals surface area contributed by atoms with Crippen molar-refractivity contribution in [2.24, 2.45) is 0 Å². The number of hydrogen-bond donors (Lipinski definition) is 2. The molecule has 2 rings (SSSR count). The summed E-state index contributed by atoms with van der Waals surface area (Å²) in [6.07, 6.45) is 0. The normalized spacial score (nSPS) is 10.4. The molecule has 0 saturated carbocycles. The van der Waals surface area contributed by atoms with E-state index in [0.29, 0.717) is 22.7 Å². The molecule has 0 aliphatic carbocycles. The number of aromatic amines is 1. The van der Waals surface area contributed by atoms with Crippen LogP contribution in [0.3, 0.4) is 0 Å². The van der Waals surface area contributed by atoms with Gasteiger partial charge in [-0.1, -0.05) is 12.1 Å². The number of aromatic nitrogens is 3. The Kier molecular flexibility index (Phi) is 4.49. The van der Waals surface area contributed by atoms with Crippen molar-refractivity contribution in [1.82, 2.24) is 20.1 Å². The number of hydrogen-bond acceptors (Lipinski definition) is 3. The molecule has 2 aromatic rings. The van der Waals surface area contributed by atoms with Crippen LogP contribution in [0.4, 0.5) is 0 Å². The number of nitrogens with one attached hydrogen (secondary N) is 2. The van der Waals surface area contributed by atoms with Gasteiger partial charge in [-0.3, -0.25) is 9.89 Å². The Bertz CT molecular complexity index is 649. The molecular formula is C12H13BrN4OS. The van der Waals surface area contributed by atoms with Gasteiger partial charge in [0.1, 0.15) is 0 Å². The number of carbonyl (C=O) groups excluding carboxylic acids is 1. The maximum atomic E-state index is 12.0. The monoisotopic (exact) mass is 340 g/mol. The molecule has 0 atom stereocenters. The van der Waals surface area contributed by atoms with Crippen LogP contribution >= 0.6 is 28.1 Å². The van der Waals surface area contributed by atoms with Gasteiger partial charge in [0.15, 0.2) is 10.6 Å². The van der Waals surface area contributed by atoms with E-state index in [2.05, 4.69) is 31.4 Å². The molecule has 1 heterocycles. The highest BCUT2D eigenvalue weighted by atomic mass is 79.9. The summed E-state index contributed by atoms with van der Waals surface area (Å²) < 4.78 is 3.17. The SMILES string of the molecule is CCn1c(CNC(=O)c2ccccc2Br)n[nH]c1=S. The van der Waals surface area contributed by atoms with Crippen LogP contribution in [0.15, 0.2) is 28.7 Å². The van der Waals surface area contributed by atoms with Gasteiger partial charge in [-0.2, -0.15) is 5.10 Å². The fourth-order valence-corrected chi connectivity index (χ4v) is 2.46. The van der Waals surface area contributed by atoms with Gasteiger partial charge < -0.3 is 9.88 Å². The third-order valence-electron chi connectivity index (χ3n) is 2.68. The second-order valence-electron chi connectivity index (χ2n) is 3.85. The van der Waals surface area contributed by atoms with Gasteiger partial charge in [0, 0.05) is 11.0 Å². The predicted molar refractivity (Wildman–Crippen MR) is 78.4 cm³/mol. The number of carbonyl (C=O) groups is 1. The summed E-state index contributed by atoms with van der Waals surface area (Å²) in [4.78, 5) is 12.0. The Morgan fingerprint density at radius 2 is 2.26 bits per heavy atom. The van der Waals surface area contributed by atoms with E-state index in [9.17, 15) is 4.79 Å². The minimum absolute atomic E-state index is 0.149. The lowest BCUT2D eigenvalue weighted by Crippen LogP contribution is -2.25. The fraction of sp³-hybridized carbons (Fsp3) is 0.250. The van der Waals surface area contributed by atoms with Gasteiger partial charge in [-0.05, 0) is 47.2 Å². The first kappa shape index (κ1) is 14.0. The van der Waals surface area contributed by atoms with Crippen LogP contribution in [0, 0.1) is 4.77 Å². The summed E-state index contributed by atoms with van der Waals surface area (Å²) in [6.45, 7) is 3.03. The van der Waals surface area contributed by atoms with Crippen molar-refractivity contribution in [3.8, 4) is 0 Å². The Hall–Kier alpha value is -1.47. The molecule has 7 heteroatoms. The van der Waals surface area contributed by atoms with Crippen molar-refractivity contribution in [2.45, 2.75) is 20.0 Å².